The summed E-state index contributed by atoms with van der Waals surface area (Å²) in [5.41, 5.74) is 3.81. The lowest BCUT2D eigenvalue weighted by Crippen LogP contribution is -2.12. The molecule has 0 fully saturated rings. The summed E-state index contributed by atoms with van der Waals surface area (Å²) in [4.78, 5) is 11.0. The van der Waals surface area contributed by atoms with Crippen molar-refractivity contribution in [2.24, 2.45) is 0 Å². The molecule has 0 radical (unpaired) electrons. The zero-order valence-corrected chi connectivity index (χ0v) is 16.5. The van der Waals surface area contributed by atoms with Crippen LogP contribution in [0.3, 0.4) is 0 Å². The highest BCUT2D eigenvalue weighted by atomic mass is 35.5. The van der Waals surface area contributed by atoms with Gasteiger partial charge in [0.1, 0.15) is 11.6 Å². The summed E-state index contributed by atoms with van der Waals surface area (Å²) in [6.07, 6.45) is 3.81. The summed E-state index contributed by atoms with van der Waals surface area (Å²) in [5.74, 6) is -1.32. The van der Waals surface area contributed by atoms with Gasteiger partial charge in [0.15, 0.2) is 6.61 Å². The number of aryl methyl sites for hydroxylation is 1. The molecule has 1 aromatic heterocycles. The van der Waals surface area contributed by atoms with E-state index < -0.39 is 18.4 Å². The van der Waals surface area contributed by atoms with Gasteiger partial charge in [0, 0.05) is 33.7 Å². The monoisotopic (exact) mass is 421 g/mol. The topological polar surface area (TPSA) is 51.5 Å². The molecule has 0 amide bonds. The van der Waals surface area contributed by atoms with Crippen molar-refractivity contribution in [1.82, 2.24) is 4.57 Å². The Balaban J connectivity index is 1.91. The van der Waals surface area contributed by atoms with Crippen LogP contribution in [0.1, 0.15) is 29.7 Å². The van der Waals surface area contributed by atoms with Crippen LogP contribution < -0.4 is 4.74 Å². The van der Waals surface area contributed by atoms with Crippen molar-refractivity contribution in [2.45, 2.75) is 32.2 Å². The number of carboxylic acids is 1. The summed E-state index contributed by atoms with van der Waals surface area (Å²) in [6.45, 7) is -0.0625. The highest BCUT2D eigenvalue weighted by Gasteiger charge is 2.24. The lowest BCUT2D eigenvalue weighted by Gasteiger charge is -2.17. The van der Waals surface area contributed by atoms with Crippen LogP contribution >= 0.6 is 23.2 Å². The van der Waals surface area contributed by atoms with E-state index in [0.29, 0.717) is 22.1 Å². The van der Waals surface area contributed by atoms with Crippen LogP contribution in [-0.2, 0) is 24.2 Å². The minimum atomic E-state index is -1.11. The third kappa shape index (κ3) is 3.56. The van der Waals surface area contributed by atoms with Crippen molar-refractivity contribution in [3.05, 3.63) is 63.0 Å². The fraction of sp³-hybridized carbons (Fsp3) is 0.286. The maximum Gasteiger partial charge on any atom is 0.341 e. The molecule has 1 aliphatic rings. The maximum absolute atomic E-state index is 14.3. The van der Waals surface area contributed by atoms with Gasteiger partial charge in [-0.15, -0.1) is 0 Å². The molecule has 4 nitrogen and oxygen atoms in total. The summed E-state index contributed by atoms with van der Waals surface area (Å²) in [6, 6.07) is 8.09. The Morgan fingerprint density at radius 1 is 1.18 bits per heavy atom. The van der Waals surface area contributed by atoms with Gasteiger partial charge in [-0.05, 0) is 55.0 Å². The molecule has 146 valence electrons. The van der Waals surface area contributed by atoms with E-state index in [1.807, 2.05) is 6.07 Å². The zero-order chi connectivity index (χ0) is 19.8. The smallest absolute Gasteiger partial charge is 0.341 e. The highest BCUT2D eigenvalue weighted by Crippen LogP contribution is 2.38. The fourth-order valence-electron chi connectivity index (χ4n) is 3.94. The number of carboxylic acid groups (broad SMARTS) is 1. The normalized spacial score (nSPS) is 13.5. The van der Waals surface area contributed by atoms with Crippen molar-refractivity contribution < 1.29 is 19.0 Å². The number of rotatable bonds is 5. The number of hydrogen-bond donors (Lipinski definition) is 1. The second-order valence-corrected chi connectivity index (χ2v) is 7.78. The van der Waals surface area contributed by atoms with E-state index in [2.05, 4.69) is 4.57 Å². The number of aromatic nitrogens is 1. The average Bonchev–Trinajstić information content (AvgIpc) is 2.96. The first kappa shape index (κ1) is 19.1. The molecule has 3 aromatic rings. The molecule has 1 heterocycles. The number of aliphatic carboxylic acids is 1. The zero-order valence-electron chi connectivity index (χ0n) is 15.0. The summed E-state index contributed by atoms with van der Waals surface area (Å²) in [7, 11) is 0. The fourth-order valence-corrected chi connectivity index (χ4v) is 4.41. The van der Waals surface area contributed by atoms with E-state index in [1.54, 1.807) is 12.1 Å². The van der Waals surface area contributed by atoms with E-state index in [0.717, 1.165) is 47.9 Å². The lowest BCUT2D eigenvalue weighted by atomic mass is 9.95. The van der Waals surface area contributed by atoms with Gasteiger partial charge >= 0.3 is 5.97 Å². The lowest BCUT2D eigenvalue weighted by molar-refractivity contribution is -0.139. The van der Waals surface area contributed by atoms with Crippen molar-refractivity contribution in [1.29, 1.82) is 0 Å². The SMILES string of the molecule is O=C(O)COc1cc(F)cc2c3c(n(Cc4ccc(Cl)cc4Cl)c12)CCCC3. The molecule has 28 heavy (non-hydrogen) atoms. The van der Waals surface area contributed by atoms with Crippen LogP contribution in [0.25, 0.3) is 10.9 Å². The molecule has 7 heteroatoms. The number of carbonyl (C=O) groups is 1. The Morgan fingerprint density at radius 3 is 2.71 bits per heavy atom. The third-order valence-electron chi connectivity index (χ3n) is 5.09. The third-order valence-corrected chi connectivity index (χ3v) is 5.68. The molecule has 0 bridgehead atoms. The molecular weight excluding hydrogens is 404 g/mol. The first-order valence-corrected chi connectivity index (χ1v) is 9.81. The van der Waals surface area contributed by atoms with Gasteiger partial charge in [0.2, 0.25) is 0 Å². The van der Waals surface area contributed by atoms with Gasteiger partial charge in [0.05, 0.1) is 5.52 Å². The van der Waals surface area contributed by atoms with E-state index >= 15 is 0 Å². The molecule has 0 atom stereocenters. The Labute approximate surface area is 171 Å². The van der Waals surface area contributed by atoms with Crippen LogP contribution in [0, 0.1) is 5.82 Å². The van der Waals surface area contributed by atoms with Crippen molar-refractivity contribution in [3.8, 4) is 5.75 Å². The Bertz CT molecular complexity index is 1080. The molecule has 1 aliphatic carbocycles. The minimum absolute atomic E-state index is 0.233. The van der Waals surface area contributed by atoms with Crippen LogP contribution in [-0.4, -0.2) is 22.2 Å². The Morgan fingerprint density at radius 2 is 1.96 bits per heavy atom. The molecule has 0 spiro atoms. The van der Waals surface area contributed by atoms with Crippen LogP contribution in [0.5, 0.6) is 5.75 Å². The quantitative estimate of drug-likeness (QED) is 0.593. The van der Waals surface area contributed by atoms with Gasteiger partial charge in [0.25, 0.3) is 0 Å². The minimum Gasteiger partial charge on any atom is -0.480 e. The van der Waals surface area contributed by atoms with Gasteiger partial charge in [-0.3, -0.25) is 0 Å². The average molecular weight is 422 g/mol. The van der Waals surface area contributed by atoms with Gasteiger partial charge < -0.3 is 14.4 Å². The Hall–Kier alpha value is -2.24. The summed E-state index contributed by atoms with van der Waals surface area (Å²) >= 11 is 12.4. The molecule has 0 saturated heterocycles. The number of halogens is 3. The first-order valence-electron chi connectivity index (χ1n) is 9.06. The number of benzene rings is 2. The second kappa shape index (κ2) is 7.64. The maximum atomic E-state index is 14.3. The predicted octanol–water partition coefficient (Wildman–Crippen LogP) is 5.48. The molecule has 0 aliphatic heterocycles. The number of ether oxygens (including phenoxy) is 1. The first-order chi connectivity index (χ1) is 13.4. The molecule has 0 unspecified atom stereocenters. The van der Waals surface area contributed by atoms with Crippen molar-refractivity contribution >= 4 is 40.1 Å². The molecule has 2 aromatic carbocycles. The second-order valence-electron chi connectivity index (χ2n) is 6.94. The molecular formula is C21H18Cl2FNO3. The number of nitrogens with zero attached hydrogens (tertiary/aromatic N) is 1. The Kier molecular flexibility index (Phi) is 5.21. The molecule has 0 saturated carbocycles. The number of fused-ring (bicyclic) bond motifs is 3. The largest absolute Gasteiger partial charge is 0.480 e. The predicted molar refractivity (Wildman–Crippen MR) is 107 cm³/mol. The van der Waals surface area contributed by atoms with Crippen molar-refractivity contribution in [3.63, 3.8) is 0 Å². The summed E-state index contributed by atoms with van der Waals surface area (Å²) < 4.78 is 21.8. The van der Waals surface area contributed by atoms with Crippen molar-refractivity contribution in [2.75, 3.05) is 6.61 Å². The summed E-state index contributed by atoms with van der Waals surface area (Å²) in [5, 5.41) is 10.9. The van der Waals surface area contributed by atoms with Gasteiger partial charge in [-0.2, -0.15) is 0 Å². The number of hydrogen-bond acceptors (Lipinski definition) is 2. The molecule has 4 rings (SSSR count). The van der Waals surface area contributed by atoms with Crippen LogP contribution in [0.4, 0.5) is 4.39 Å². The van der Waals surface area contributed by atoms with Crippen LogP contribution in [0.15, 0.2) is 30.3 Å². The van der Waals surface area contributed by atoms with Crippen LogP contribution in [0.2, 0.25) is 10.0 Å². The molecule has 1 N–H and O–H groups in total. The van der Waals surface area contributed by atoms with E-state index in [9.17, 15) is 9.18 Å². The van der Waals surface area contributed by atoms with E-state index in [4.69, 9.17) is 33.0 Å². The van der Waals surface area contributed by atoms with Gasteiger partial charge in [-0.1, -0.05) is 29.3 Å². The van der Waals surface area contributed by atoms with E-state index in [-0.39, 0.29) is 5.75 Å². The highest BCUT2D eigenvalue weighted by molar-refractivity contribution is 6.35. The van der Waals surface area contributed by atoms with E-state index in [1.165, 1.54) is 12.1 Å². The standard InChI is InChI=1S/C21H18Cl2FNO3/c22-13-6-5-12(17(23)7-13)10-25-18-4-2-1-3-15(18)16-8-14(24)9-19(21(16)25)28-11-20(26)27/h5-9H,1-4,10-11H2,(H,26,27). The van der Waals surface area contributed by atoms with Gasteiger partial charge in [-0.25, -0.2) is 9.18 Å².